The summed E-state index contributed by atoms with van der Waals surface area (Å²) in [5.74, 6) is -1.15. The molecule has 0 aliphatic carbocycles. The average Bonchev–Trinajstić information content (AvgIpc) is 2.90. The Balaban J connectivity index is 1.87. The number of pyridine rings is 1. The molecule has 7 nitrogen and oxygen atoms in total. The van der Waals surface area contributed by atoms with E-state index in [4.69, 9.17) is 11.6 Å². The molecular weight excluding hydrogens is 541 g/mol. The van der Waals surface area contributed by atoms with E-state index in [1.54, 1.807) is 31.2 Å². The van der Waals surface area contributed by atoms with Crippen molar-refractivity contribution in [1.82, 2.24) is 14.5 Å². The number of aryl methyl sites for hydroxylation is 1. The Morgan fingerprint density at radius 2 is 1.82 bits per heavy atom. The zero-order valence-electron chi connectivity index (χ0n) is 21.9. The van der Waals surface area contributed by atoms with E-state index in [-0.39, 0.29) is 4.90 Å². The third-order valence-corrected chi connectivity index (χ3v) is 8.72. The highest BCUT2D eigenvalue weighted by molar-refractivity contribution is 7.91. The van der Waals surface area contributed by atoms with Crippen LogP contribution < -0.4 is 5.56 Å². The number of aromatic hydroxyl groups is 1. The molecule has 4 aromatic rings. The summed E-state index contributed by atoms with van der Waals surface area (Å²) in [5, 5.41) is 11.3. The number of aromatic nitrogens is 3. The quantitative estimate of drug-likeness (QED) is 0.238. The molecule has 39 heavy (non-hydrogen) atoms. The molecule has 2 aromatic carbocycles. The van der Waals surface area contributed by atoms with E-state index >= 15 is 0 Å². The zero-order valence-corrected chi connectivity index (χ0v) is 23.4. The van der Waals surface area contributed by atoms with Crippen LogP contribution in [0.25, 0.3) is 11.1 Å². The van der Waals surface area contributed by atoms with Crippen molar-refractivity contribution in [2.75, 3.05) is 0 Å². The number of nitrogens with zero attached hydrogens (tertiary/aromatic N) is 3. The van der Waals surface area contributed by atoms with Gasteiger partial charge < -0.3 is 5.11 Å². The lowest BCUT2D eigenvalue weighted by molar-refractivity contribution is 0.406. The minimum absolute atomic E-state index is 0.198. The highest BCUT2D eigenvalue weighted by atomic mass is 35.5. The van der Waals surface area contributed by atoms with E-state index in [2.05, 4.69) is 9.97 Å². The van der Waals surface area contributed by atoms with Crippen LogP contribution in [0.4, 0.5) is 4.39 Å². The maximum atomic E-state index is 13.9. The summed E-state index contributed by atoms with van der Waals surface area (Å²) in [4.78, 5) is 20.8. The maximum absolute atomic E-state index is 13.9. The molecule has 0 radical (unpaired) electrons. The summed E-state index contributed by atoms with van der Waals surface area (Å²) < 4.78 is 42.7. The van der Waals surface area contributed by atoms with Crippen LogP contribution in [-0.4, -0.2) is 28.1 Å². The second-order valence-corrected chi connectivity index (χ2v) is 11.6. The first kappa shape index (κ1) is 28.4. The molecule has 0 saturated carbocycles. The topological polar surface area (TPSA) is 102 Å². The number of hydrogen-bond donors (Lipinski definition) is 1. The minimum atomic E-state index is -4.47. The molecule has 0 aliphatic heterocycles. The molecule has 204 valence electrons. The van der Waals surface area contributed by atoms with Gasteiger partial charge in [-0.2, -0.15) is 9.37 Å². The van der Waals surface area contributed by atoms with Gasteiger partial charge in [-0.1, -0.05) is 56.1 Å². The summed E-state index contributed by atoms with van der Waals surface area (Å²) in [6, 6.07) is 13.8. The number of hydrogen-bond acceptors (Lipinski definition) is 6. The normalized spacial score (nSPS) is 12.4. The van der Waals surface area contributed by atoms with E-state index in [0.29, 0.717) is 46.8 Å². The summed E-state index contributed by atoms with van der Waals surface area (Å²) in [5.41, 5.74) is 1.34. The van der Waals surface area contributed by atoms with Crippen molar-refractivity contribution in [2.45, 2.75) is 62.3 Å². The number of rotatable bonds is 9. The summed E-state index contributed by atoms with van der Waals surface area (Å²) in [6.45, 7) is 5.45. The molecule has 1 atom stereocenters. The van der Waals surface area contributed by atoms with Crippen molar-refractivity contribution in [3.8, 4) is 17.0 Å². The number of benzene rings is 2. The van der Waals surface area contributed by atoms with Gasteiger partial charge in [0.15, 0.2) is 4.90 Å². The van der Waals surface area contributed by atoms with Crippen LogP contribution in [-0.2, 0) is 16.3 Å². The molecular formula is C29H29ClFN3O4S. The SMILES string of the molecule is CCCCc1nc(O)c(S(=O)(=O)c2ccc(-c3ccnc(F)c3C)cc2)c(=O)n1[C@@H](CC)c1cccc(Cl)c1. The maximum Gasteiger partial charge on any atom is 0.277 e. The molecule has 2 aromatic heterocycles. The van der Waals surface area contributed by atoms with Gasteiger partial charge in [-0.25, -0.2) is 13.4 Å². The number of sulfone groups is 1. The molecule has 1 N–H and O–H groups in total. The van der Waals surface area contributed by atoms with E-state index in [0.717, 1.165) is 12.0 Å². The predicted molar refractivity (Wildman–Crippen MR) is 148 cm³/mol. The van der Waals surface area contributed by atoms with Crippen LogP contribution in [0.3, 0.4) is 0 Å². The Bertz CT molecular complexity index is 1670. The van der Waals surface area contributed by atoms with Gasteiger partial charge >= 0.3 is 0 Å². The lowest BCUT2D eigenvalue weighted by Crippen LogP contribution is -2.33. The third-order valence-electron chi connectivity index (χ3n) is 6.70. The van der Waals surface area contributed by atoms with Gasteiger partial charge in [-0.3, -0.25) is 9.36 Å². The monoisotopic (exact) mass is 569 g/mol. The Hall–Kier alpha value is -3.56. The summed E-state index contributed by atoms with van der Waals surface area (Å²) >= 11 is 6.22. The molecule has 2 heterocycles. The minimum Gasteiger partial charge on any atom is -0.492 e. The van der Waals surface area contributed by atoms with Gasteiger partial charge in [-0.05, 0) is 66.8 Å². The lowest BCUT2D eigenvalue weighted by Gasteiger charge is -2.23. The Morgan fingerprint density at radius 1 is 1.10 bits per heavy atom. The molecule has 0 saturated heterocycles. The van der Waals surface area contributed by atoms with Crippen molar-refractivity contribution in [1.29, 1.82) is 0 Å². The van der Waals surface area contributed by atoms with E-state index in [9.17, 15) is 22.7 Å². The van der Waals surface area contributed by atoms with Crippen molar-refractivity contribution in [3.05, 3.63) is 99.1 Å². The molecule has 0 aliphatic rings. The fourth-order valence-corrected chi connectivity index (χ4v) is 6.20. The van der Waals surface area contributed by atoms with Crippen LogP contribution in [0.1, 0.15) is 56.1 Å². The van der Waals surface area contributed by atoms with E-state index < -0.39 is 38.2 Å². The van der Waals surface area contributed by atoms with Crippen LogP contribution >= 0.6 is 11.6 Å². The zero-order chi connectivity index (χ0) is 28.3. The number of halogens is 2. The molecule has 0 amide bonds. The van der Waals surface area contributed by atoms with Gasteiger partial charge in [0.2, 0.25) is 21.7 Å². The van der Waals surface area contributed by atoms with Gasteiger partial charge in [0.1, 0.15) is 5.82 Å². The Morgan fingerprint density at radius 3 is 2.46 bits per heavy atom. The predicted octanol–water partition coefficient (Wildman–Crippen LogP) is 6.29. The van der Waals surface area contributed by atoms with Gasteiger partial charge in [-0.15, -0.1) is 0 Å². The second kappa shape index (κ2) is 11.7. The fraction of sp³-hybridized carbons (Fsp3) is 0.276. The average molecular weight is 570 g/mol. The smallest absolute Gasteiger partial charge is 0.277 e. The highest BCUT2D eigenvalue weighted by Gasteiger charge is 2.31. The van der Waals surface area contributed by atoms with Crippen LogP contribution in [0.15, 0.2) is 75.4 Å². The lowest BCUT2D eigenvalue weighted by atomic mass is 10.0. The third kappa shape index (κ3) is 5.60. The first-order valence-electron chi connectivity index (χ1n) is 12.7. The van der Waals surface area contributed by atoms with Gasteiger partial charge in [0.05, 0.1) is 10.9 Å². The van der Waals surface area contributed by atoms with Gasteiger partial charge in [0, 0.05) is 23.2 Å². The van der Waals surface area contributed by atoms with E-state index in [1.807, 2.05) is 19.9 Å². The summed E-state index contributed by atoms with van der Waals surface area (Å²) in [7, 11) is -4.47. The molecule has 10 heteroatoms. The van der Waals surface area contributed by atoms with Crippen molar-refractivity contribution in [3.63, 3.8) is 0 Å². The molecule has 0 fully saturated rings. The van der Waals surface area contributed by atoms with Crippen molar-refractivity contribution >= 4 is 21.4 Å². The first-order valence-corrected chi connectivity index (χ1v) is 14.5. The second-order valence-electron chi connectivity index (χ2n) is 9.24. The molecule has 0 bridgehead atoms. The van der Waals surface area contributed by atoms with Crippen molar-refractivity contribution in [2.24, 2.45) is 0 Å². The van der Waals surface area contributed by atoms with Crippen LogP contribution in [0.5, 0.6) is 5.88 Å². The van der Waals surface area contributed by atoms with Crippen molar-refractivity contribution < 1.29 is 17.9 Å². The largest absolute Gasteiger partial charge is 0.492 e. The van der Waals surface area contributed by atoms with Gasteiger partial charge in [0.25, 0.3) is 5.56 Å². The number of unbranched alkanes of at least 4 members (excludes halogenated alkanes) is 1. The summed E-state index contributed by atoms with van der Waals surface area (Å²) in [6.07, 6.45) is 3.69. The first-order chi connectivity index (χ1) is 18.6. The highest BCUT2D eigenvalue weighted by Crippen LogP contribution is 2.31. The standard InChI is InChI=1S/C29H29ClFN3O4S/c1-4-6-10-25-33-28(35)26(29(36)34(25)24(5-2)20-8-7-9-21(30)17-20)39(37,38)22-13-11-19(12-14-22)23-15-16-32-27(31)18(23)3/h7-9,11-17,24,35H,4-6,10H2,1-3H3/t24-/m0/s1. The van der Waals surface area contributed by atoms with Crippen LogP contribution in [0, 0.1) is 12.9 Å². The van der Waals surface area contributed by atoms with E-state index in [1.165, 1.54) is 35.0 Å². The van der Waals surface area contributed by atoms with Crippen LogP contribution in [0.2, 0.25) is 5.02 Å². The fourth-order valence-electron chi connectivity index (χ4n) is 4.65. The Kier molecular flexibility index (Phi) is 8.51. The molecule has 4 rings (SSSR count). The Labute approximate surface area is 231 Å². The molecule has 0 spiro atoms. The molecule has 0 unspecified atom stereocenters.